The highest BCUT2D eigenvalue weighted by molar-refractivity contribution is 5.90. The Balaban J connectivity index is 2.53. The first-order valence-electron chi connectivity index (χ1n) is 6.38. The number of rotatable bonds is 10. The Morgan fingerprint density at radius 3 is 2.76 bits per heavy atom. The molecule has 0 aromatic heterocycles. The average molecular weight is 298 g/mol. The molecule has 0 saturated carbocycles. The molecular formula is C13H18N2O6. The molecule has 8 nitrogen and oxygen atoms in total. The molecule has 0 amide bonds. The van der Waals surface area contributed by atoms with Crippen LogP contribution in [0.1, 0.15) is 16.8 Å². The van der Waals surface area contributed by atoms with E-state index in [0.717, 1.165) is 0 Å². The molecule has 1 aromatic rings. The lowest BCUT2D eigenvalue weighted by atomic mass is 10.1. The smallest absolute Gasteiger partial charge is 0.335 e. The third-order valence-corrected chi connectivity index (χ3v) is 2.65. The van der Waals surface area contributed by atoms with Crippen LogP contribution in [0.15, 0.2) is 18.2 Å². The summed E-state index contributed by atoms with van der Waals surface area (Å²) in [5.41, 5.74) is 0.0385. The molecule has 116 valence electrons. The molecule has 2 N–H and O–H groups in total. The number of carboxylic acids is 1. The number of methoxy groups -OCH3 is 1. The van der Waals surface area contributed by atoms with Gasteiger partial charge in [0.25, 0.3) is 5.69 Å². The molecule has 0 bridgehead atoms. The minimum Gasteiger partial charge on any atom is -0.478 e. The third kappa shape index (κ3) is 5.76. The minimum absolute atomic E-state index is 0.000514. The predicted molar refractivity (Wildman–Crippen MR) is 75.9 cm³/mol. The van der Waals surface area contributed by atoms with Gasteiger partial charge in [0.2, 0.25) is 0 Å². The molecule has 0 aliphatic heterocycles. The maximum absolute atomic E-state index is 10.9. The van der Waals surface area contributed by atoms with Gasteiger partial charge in [-0.2, -0.15) is 0 Å². The van der Waals surface area contributed by atoms with E-state index in [1.807, 2.05) is 0 Å². The van der Waals surface area contributed by atoms with Crippen molar-refractivity contribution >= 4 is 17.3 Å². The number of nitro groups is 1. The van der Waals surface area contributed by atoms with Gasteiger partial charge in [0, 0.05) is 26.3 Å². The molecule has 0 atom stereocenters. The molecule has 0 radical (unpaired) electrons. The van der Waals surface area contributed by atoms with Gasteiger partial charge in [-0.25, -0.2) is 4.79 Å². The number of nitrogens with zero attached hydrogens (tertiary/aromatic N) is 1. The number of anilines is 1. The highest BCUT2D eigenvalue weighted by Crippen LogP contribution is 2.25. The van der Waals surface area contributed by atoms with Crippen LogP contribution in [0, 0.1) is 10.1 Å². The number of benzene rings is 1. The van der Waals surface area contributed by atoms with E-state index in [4.69, 9.17) is 14.6 Å². The highest BCUT2D eigenvalue weighted by atomic mass is 16.6. The van der Waals surface area contributed by atoms with E-state index < -0.39 is 10.9 Å². The quantitative estimate of drug-likeness (QED) is 0.384. The van der Waals surface area contributed by atoms with Crippen molar-refractivity contribution in [3.63, 3.8) is 0 Å². The molecule has 0 unspecified atom stereocenters. The zero-order valence-corrected chi connectivity index (χ0v) is 11.7. The van der Waals surface area contributed by atoms with E-state index in [2.05, 4.69) is 5.32 Å². The van der Waals surface area contributed by atoms with Crippen molar-refractivity contribution in [1.82, 2.24) is 0 Å². The van der Waals surface area contributed by atoms with Gasteiger partial charge < -0.3 is 19.9 Å². The van der Waals surface area contributed by atoms with Gasteiger partial charge in [-0.15, -0.1) is 0 Å². The molecule has 8 heteroatoms. The monoisotopic (exact) mass is 298 g/mol. The number of carbonyl (C=O) groups is 1. The Bertz CT molecular complexity index is 492. The number of hydrogen-bond acceptors (Lipinski definition) is 6. The average Bonchev–Trinajstić information content (AvgIpc) is 2.45. The summed E-state index contributed by atoms with van der Waals surface area (Å²) >= 11 is 0. The Morgan fingerprint density at radius 2 is 2.14 bits per heavy atom. The Kier molecular flexibility index (Phi) is 7.13. The lowest BCUT2D eigenvalue weighted by Gasteiger charge is -2.08. The van der Waals surface area contributed by atoms with Crippen molar-refractivity contribution in [3.8, 4) is 0 Å². The fourth-order valence-electron chi connectivity index (χ4n) is 1.61. The summed E-state index contributed by atoms with van der Waals surface area (Å²) in [6.07, 6.45) is 0.637. The molecule has 0 heterocycles. The van der Waals surface area contributed by atoms with Crippen LogP contribution in [0.25, 0.3) is 0 Å². The molecule has 0 aliphatic carbocycles. The van der Waals surface area contributed by atoms with E-state index in [9.17, 15) is 14.9 Å². The van der Waals surface area contributed by atoms with Crippen LogP contribution in [-0.2, 0) is 9.47 Å². The van der Waals surface area contributed by atoms with Crippen LogP contribution >= 0.6 is 0 Å². The normalized spacial score (nSPS) is 10.3. The van der Waals surface area contributed by atoms with Crippen molar-refractivity contribution in [2.24, 2.45) is 0 Å². The number of ether oxygens (including phenoxy) is 2. The molecule has 1 rings (SSSR count). The predicted octanol–water partition coefficient (Wildman–Crippen LogP) is 1.76. The van der Waals surface area contributed by atoms with E-state index in [1.165, 1.54) is 18.2 Å². The van der Waals surface area contributed by atoms with Crippen molar-refractivity contribution in [2.45, 2.75) is 6.42 Å². The number of nitrogens with one attached hydrogen (secondary N) is 1. The summed E-state index contributed by atoms with van der Waals surface area (Å²) in [6.45, 7) is 1.93. The van der Waals surface area contributed by atoms with Gasteiger partial charge >= 0.3 is 5.97 Å². The Labute approximate surface area is 121 Å². The van der Waals surface area contributed by atoms with Crippen LogP contribution < -0.4 is 5.32 Å². The number of hydrogen-bond donors (Lipinski definition) is 2. The summed E-state index contributed by atoms with van der Waals surface area (Å²) < 4.78 is 10.1. The van der Waals surface area contributed by atoms with E-state index in [-0.39, 0.29) is 16.9 Å². The van der Waals surface area contributed by atoms with Crippen LogP contribution in [0.4, 0.5) is 11.4 Å². The largest absolute Gasteiger partial charge is 0.478 e. The standard InChI is InChI=1S/C13H18N2O6/c1-20-7-8-21-6-2-5-14-11-9-10(13(16)17)3-4-12(11)15(18)19/h3-4,9,14H,2,5-8H2,1H3,(H,16,17). The fraction of sp³-hybridized carbons (Fsp3) is 0.462. The molecule has 0 spiro atoms. The van der Waals surface area contributed by atoms with E-state index in [0.29, 0.717) is 32.8 Å². The maximum atomic E-state index is 10.9. The zero-order chi connectivity index (χ0) is 15.7. The highest BCUT2D eigenvalue weighted by Gasteiger charge is 2.16. The van der Waals surface area contributed by atoms with Gasteiger partial charge in [-0.1, -0.05) is 0 Å². The van der Waals surface area contributed by atoms with Crippen molar-refractivity contribution < 1.29 is 24.3 Å². The Morgan fingerprint density at radius 1 is 1.38 bits per heavy atom. The first-order chi connectivity index (χ1) is 10.1. The molecular weight excluding hydrogens is 280 g/mol. The topological polar surface area (TPSA) is 111 Å². The summed E-state index contributed by atoms with van der Waals surface area (Å²) in [5.74, 6) is -1.13. The number of aromatic carboxylic acids is 1. The number of nitro benzene ring substituents is 1. The summed E-state index contributed by atoms with van der Waals surface area (Å²) in [4.78, 5) is 21.2. The van der Waals surface area contributed by atoms with Gasteiger partial charge in [0.15, 0.2) is 0 Å². The Hall–Kier alpha value is -2.19. The lowest BCUT2D eigenvalue weighted by molar-refractivity contribution is -0.384. The summed E-state index contributed by atoms with van der Waals surface area (Å²) in [7, 11) is 1.58. The van der Waals surface area contributed by atoms with Crippen molar-refractivity contribution in [1.29, 1.82) is 0 Å². The maximum Gasteiger partial charge on any atom is 0.335 e. The molecule has 21 heavy (non-hydrogen) atoms. The van der Waals surface area contributed by atoms with Gasteiger partial charge in [0.05, 0.1) is 23.7 Å². The second kappa shape index (κ2) is 8.88. The van der Waals surface area contributed by atoms with E-state index >= 15 is 0 Å². The van der Waals surface area contributed by atoms with Gasteiger partial charge in [-0.3, -0.25) is 10.1 Å². The third-order valence-electron chi connectivity index (χ3n) is 2.65. The SMILES string of the molecule is COCCOCCCNc1cc(C(=O)O)ccc1[N+](=O)[O-]. The zero-order valence-electron chi connectivity index (χ0n) is 11.7. The summed E-state index contributed by atoms with van der Waals surface area (Å²) in [6, 6.07) is 3.65. The minimum atomic E-state index is -1.13. The molecule has 0 aliphatic rings. The molecule has 1 aromatic carbocycles. The molecule has 0 fully saturated rings. The second-order valence-corrected chi connectivity index (χ2v) is 4.18. The second-order valence-electron chi connectivity index (χ2n) is 4.18. The van der Waals surface area contributed by atoms with Crippen molar-refractivity contribution in [3.05, 3.63) is 33.9 Å². The van der Waals surface area contributed by atoms with Crippen LogP contribution in [-0.4, -0.2) is 49.5 Å². The van der Waals surface area contributed by atoms with Crippen LogP contribution in [0.2, 0.25) is 0 Å². The van der Waals surface area contributed by atoms with Gasteiger partial charge in [0.1, 0.15) is 5.69 Å². The lowest BCUT2D eigenvalue weighted by Crippen LogP contribution is -2.10. The van der Waals surface area contributed by atoms with Crippen LogP contribution in [0.3, 0.4) is 0 Å². The summed E-state index contributed by atoms with van der Waals surface area (Å²) in [5, 5.41) is 22.7. The van der Waals surface area contributed by atoms with Crippen LogP contribution in [0.5, 0.6) is 0 Å². The van der Waals surface area contributed by atoms with Gasteiger partial charge in [-0.05, 0) is 18.6 Å². The fourth-order valence-corrected chi connectivity index (χ4v) is 1.61. The first-order valence-corrected chi connectivity index (χ1v) is 6.38. The molecule has 0 saturated heterocycles. The van der Waals surface area contributed by atoms with Crippen molar-refractivity contribution in [2.75, 3.05) is 38.8 Å². The van der Waals surface area contributed by atoms with E-state index in [1.54, 1.807) is 7.11 Å². The number of carboxylic acid groups (broad SMARTS) is 1. The first kappa shape index (κ1) is 16.9.